The highest BCUT2D eigenvalue weighted by Crippen LogP contribution is 2.32. The molecule has 1 fully saturated rings. The molecule has 1 saturated carbocycles. The van der Waals surface area contributed by atoms with E-state index < -0.39 is 0 Å². The van der Waals surface area contributed by atoms with Gasteiger partial charge in [0.05, 0.1) is 18.3 Å². The number of unbranched alkanes of at least 4 members (excludes halogenated alkanes) is 3. The molecule has 0 heterocycles. The summed E-state index contributed by atoms with van der Waals surface area (Å²) in [5.74, 6) is 1.43. The third-order valence-corrected chi connectivity index (χ3v) is 4.61. The van der Waals surface area contributed by atoms with E-state index in [0.717, 1.165) is 31.6 Å². The summed E-state index contributed by atoms with van der Waals surface area (Å²) in [7, 11) is 0. The molecule has 1 aliphatic rings. The molecular weight excluding hydrogens is 236 g/mol. The van der Waals surface area contributed by atoms with Crippen molar-refractivity contribution in [2.75, 3.05) is 0 Å². The van der Waals surface area contributed by atoms with Gasteiger partial charge in [0, 0.05) is 0 Å². The summed E-state index contributed by atoms with van der Waals surface area (Å²) in [6.07, 6.45) is 9.55. The van der Waals surface area contributed by atoms with Crippen LogP contribution >= 0.6 is 0 Å². The Morgan fingerprint density at radius 2 is 1.84 bits per heavy atom. The minimum absolute atomic E-state index is 0.0716. The van der Waals surface area contributed by atoms with E-state index in [9.17, 15) is 5.11 Å². The molecule has 0 aromatic carbocycles. The first-order valence-electron chi connectivity index (χ1n) is 8.38. The molecule has 0 spiro atoms. The highest BCUT2D eigenvalue weighted by molar-refractivity contribution is 4.82. The summed E-state index contributed by atoms with van der Waals surface area (Å²) in [5.41, 5.74) is 0. The molecule has 0 amide bonds. The molecule has 2 nitrogen and oxygen atoms in total. The van der Waals surface area contributed by atoms with Crippen molar-refractivity contribution < 1.29 is 9.84 Å². The number of hydrogen-bond donors (Lipinski definition) is 1. The average Bonchev–Trinajstić information content (AvgIpc) is 2.37. The quantitative estimate of drug-likeness (QED) is 0.656. The monoisotopic (exact) mass is 270 g/mol. The second-order valence-corrected chi connectivity index (χ2v) is 6.72. The van der Waals surface area contributed by atoms with E-state index in [2.05, 4.69) is 27.7 Å². The van der Waals surface area contributed by atoms with Crippen LogP contribution in [0.5, 0.6) is 0 Å². The van der Waals surface area contributed by atoms with Gasteiger partial charge in [0.25, 0.3) is 0 Å². The molecule has 0 radical (unpaired) electrons. The van der Waals surface area contributed by atoms with Crippen LogP contribution in [0.1, 0.15) is 79.1 Å². The van der Waals surface area contributed by atoms with Crippen LogP contribution in [0.25, 0.3) is 0 Å². The van der Waals surface area contributed by atoms with Crippen molar-refractivity contribution in [1.82, 2.24) is 0 Å². The van der Waals surface area contributed by atoms with Crippen LogP contribution in [0.15, 0.2) is 0 Å². The van der Waals surface area contributed by atoms with Crippen molar-refractivity contribution in [1.29, 1.82) is 0 Å². The molecule has 0 saturated heterocycles. The third-order valence-electron chi connectivity index (χ3n) is 4.61. The third kappa shape index (κ3) is 6.27. The zero-order valence-corrected chi connectivity index (χ0v) is 13.4. The normalized spacial score (nSPS) is 29.7. The van der Waals surface area contributed by atoms with E-state index in [1.807, 2.05) is 0 Å². The maximum absolute atomic E-state index is 10.1. The van der Waals surface area contributed by atoms with E-state index >= 15 is 0 Å². The lowest BCUT2D eigenvalue weighted by atomic mass is 9.79. The minimum atomic E-state index is -0.243. The molecular formula is C17H34O2. The molecule has 0 aliphatic heterocycles. The van der Waals surface area contributed by atoms with Crippen LogP contribution in [0.3, 0.4) is 0 Å². The summed E-state index contributed by atoms with van der Waals surface area (Å²) in [6.45, 7) is 8.98. The van der Waals surface area contributed by atoms with E-state index in [0.29, 0.717) is 12.0 Å². The maximum Gasteiger partial charge on any atom is 0.0840 e. The largest absolute Gasteiger partial charge is 0.390 e. The Morgan fingerprint density at radius 1 is 1.11 bits per heavy atom. The fourth-order valence-corrected chi connectivity index (χ4v) is 3.12. The number of rotatable bonds is 8. The standard InChI is InChI=1S/C17H34O2/c1-5-6-7-8-9-14(4)19-17-12-15(13(2)3)10-11-16(17)18/h13-18H,5-12H2,1-4H3. The second kappa shape index (κ2) is 8.97. The fraction of sp³-hybridized carbons (Fsp3) is 1.00. The van der Waals surface area contributed by atoms with E-state index in [4.69, 9.17) is 4.74 Å². The van der Waals surface area contributed by atoms with E-state index in [1.165, 1.54) is 25.7 Å². The molecule has 2 heteroatoms. The molecule has 4 unspecified atom stereocenters. The zero-order valence-electron chi connectivity index (χ0n) is 13.4. The molecule has 4 atom stereocenters. The van der Waals surface area contributed by atoms with Gasteiger partial charge in [-0.2, -0.15) is 0 Å². The predicted octanol–water partition coefficient (Wildman–Crippen LogP) is 4.55. The summed E-state index contributed by atoms with van der Waals surface area (Å²) >= 11 is 0. The molecule has 1 N–H and O–H groups in total. The first-order chi connectivity index (χ1) is 9.04. The topological polar surface area (TPSA) is 29.5 Å². The lowest BCUT2D eigenvalue weighted by Crippen LogP contribution is -2.39. The van der Waals surface area contributed by atoms with Gasteiger partial charge in [0.2, 0.25) is 0 Å². The number of aliphatic hydroxyl groups excluding tert-OH is 1. The summed E-state index contributed by atoms with van der Waals surface area (Å²) in [4.78, 5) is 0. The summed E-state index contributed by atoms with van der Waals surface area (Å²) in [6, 6.07) is 0. The summed E-state index contributed by atoms with van der Waals surface area (Å²) in [5, 5.41) is 10.1. The van der Waals surface area contributed by atoms with Crippen molar-refractivity contribution in [3.05, 3.63) is 0 Å². The highest BCUT2D eigenvalue weighted by Gasteiger charge is 2.32. The van der Waals surface area contributed by atoms with Crippen molar-refractivity contribution in [3.8, 4) is 0 Å². The number of ether oxygens (including phenoxy) is 1. The fourth-order valence-electron chi connectivity index (χ4n) is 3.12. The van der Waals surface area contributed by atoms with Crippen LogP contribution in [-0.2, 0) is 4.74 Å². The predicted molar refractivity (Wildman–Crippen MR) is 81.3 cm³/mol. The van der Waals surface area contributed by atoms with Gasteiger partial charge in [-0.1, -0.05) is 46.5 Å². The first-order valence-corrected chi connectivity index (χ1v) is 8.38. The summed E-state index contributed by atoms with van der Waals surface area (Å²) < 4.78 is 6.11. The van der Waals surface area contributed by atoms with E-state index in [-0.39, 0.29) is 12.2 Å². The lowest BCUT2D eigenvalue weighted by molar-refractivity contribution is -0.105. The Hall–Kier alpha value is -0.0800. The second-order valence-electron chi connectivity index (χ2n) is 6.72. The highest BCUT2D eigenvalue weighted by atomic mass is 16.5. The number of hydrogen-bond acceptors (Lipinski definition) is 2. The Morgan fingerprint density at radius 3 is 2.47 bits per heavy atom. The molecule has 1 rings (SSSR count). The SMILES string of the molecule is CCCCCCC(C)OC1CC(C(C)C)CCC1O. The van der Waals surface area contributed by atoms with Gasteiger partial charge >= 0.3 is 0 Å². The van der Waals surface area contributed by atoms with Crippen LogP contribution in [0.2, 0.25) is 0 Å². The average molecular weight is 270 g/mol. The Balaban J connectivity index is 2.28. The van der Waals surface area contributed by atoms with Crippen LogP contribution in [0.4, 0.5) is 0 Å². The van der Waals surface area contributed by atoms with Crippen molar-refractivity contribution in [2.24, 2.45) is 11.8 Å². The Bertz CT molecular complexity index is 227. The lowest BCUT2D eigenvalue weighted by Gasteiger charge is -2.36. The molecule has 0 aromatic heterocycles. The van der Waals surface area contributed by atoms with Crippen LogP contribution in [0, 0.1) is 11.8 Å². The van der Waals surface area contributed by atoms with Gasteiger partial charge in [-0.05, 0) is 44.4 Å². The smallest absolute Gasteiger partial charge is 0.0840 e. The maximum atomic E-state index is 10.1. The van der Waals surface area contributed by atoms with Crippen molar-refractivity contribution in [2.45, 2.75) is 97.4 Å². The molecule has 1 aliphatic carbocycles. The van der Waals surface area contributed by atoms with Crippen LogP contribution in [-0.4, -0.2) is 23.4 Å². The van der Waals surface area contributed by atoms with E-state index in [1.54, 1.807) is 0 Å². The zero-order chi connectivity index (χ0) is 14.3. The molecule has 0 aromatic rings. The van der Waals surface area contributed by atoms with Gasteiger partial charge in [-0.3, -0.25) is 0 Å². The number of aliphatic hydroxyl groups is 1. The van der Waals surface area contributed by atoms with Crippen molar-refractivity contribution in [3.63, 3.8) is 0 Å². The van der Waals surface area contributed by atoms with Gasteiger partial charge in [0.15, 0.2) is 0 Å². The van der Waals surface area contributed by atoms with Gasteiger partial charge in [-0.25, -0.2) is 0 Å². The first kappa shape index (κ1) is 17.0. The van der Waals surface area contributed by atoms with Gasteiger partial charge in [-0.15, -0.1) is 0 Å². The minimum Gasteiger partial charge on any atom is -0.390 e. The van der Waals surface area contributed by atoms with Crippen LogP contribution < -0.4 is 0 Å². The Labute approximate surface area is 119 Å². The molecule has 114 valence electrons. The van der Waals surface area contributed by atoms with Gasteiger partial charge < -0.3 is 9.84 Å². The molecule has 19 heavy (non-hydrogen) atoms. The van der Waals surface area contributed by atoms with Gasteiger partial charge in [0.1, 0.15) is 0 Å². The molecule has 0 bridgehead atoms. The Kier molecular flexibility index (Phi) is 8.01. The van der Waals surface area contributed by atoms with Crippen molar-refractivity contribution >= 4 is 0 Å².